The minimum absolute atomic E-state index is 0.258. The summed E-state index contributed by atoms with van der Waals surface area (Å²) in [5.41, 5.74) is 4.77. The lowest BCUT2D eigenvalue weighted by Gasteiger charge is -2.25. The van der Waals surface area contributed by atoms with Crippen molar-refractivity contribution in [3.05, 3.63) is 0 Å². The number of unbranched alkanes of at least 4 members (excludes halogenated alkanes) is 1. The Labute approximate surface area is 109 Å². The van der Waals surface area contributed by atoms with Crippen LogP contribution in [0, 0.1) is 0 Å². The molecule has 5 heteroatoms. The molecule has 2 unspecified atom stereocenters. The van der Waals surface area contributed by atoms with Crippen LogP contribution in [0.3, 0.4) is 0 Å². The van der Waals surface area contributed by atoms with Gasteiger partial charge in [-0.25, -0.2) is 0 Å². The van der Waals surface area contributed by atoms with Crippen LogP contribution in [0.15, 0.2) is 0 Å². The first-order valence-electron chi connectivity index (χ1n) is 6.17. The fourth-order valence-corrected chi connectivity index (χ4v) is 2.55. The van der Waals surface area contributed by atoms with Gasteiger partial charge in [-0.3, -0.25) is 4.79 Å². The summed E-state index contributed by atoms with van der Waals surface area (Å²) in [4.78, 5) is 11.2. The molecule has 0 aromatic rings. The van der Waals surface area contributed by atoms with E-state index in [0.29, 0.717) is 5.25 Å². The molecule has 4 nitrogen and oxygen atoms in total. The number of rotatable bonds is 10. The molecule has 4 N–H and O–H groups in total. The summed E-state index contributed by atoms with van der Waals surface area (Å²) in [5.74, 6) is 0.779. The van der Waals surface area contributed by atoms with Gasteiger partial charge in [0.1, 0.15) is 0 Å². The topological polar surface area (TPSA) is 75.3 Å². The average Bonchev–Trinajstić information content (AvgIpc) is 2.28. The van der Waals surface area contributed by atoms with E-state index >= 15 is 0 Å². The van der Waals surface area contributed by atoms with E-state index in [1.807, 2.05) is 18.7 Å². The van der Waals surface area contributed by atoms with E-state index in [1.165, 1.54) is 0 Å². The first-order chi connectivity index (χ1) is 7.96. The summed E-state index contributed by atoms with van der Waals surface area (Å²) in [5, 5.41) is 12.3. The predicted octanol–water partition coefficient (Wildman–Crippen LogP) is 1.12. The van der Waals surface area contributed by atoms with Crippen molar-refractivity contribution in [3.8, 4) is 0 Å². The lowest BCUT2D eigenvalue weighted by Crippen LogP contribution is -2.51. The van der Waals surface area contributed by atoms with Crippen LogP contribution in [0.5, 0.6) is 0 Å². The van der Waals surface area contributed by atoms with Gasteiger partial charge in [0.05, 0.1) is 5.54 Å². The second-order valence-electron chi connectivity index (χ2n) is 4.60. The highest BCUT2D eigenvalue weighted by molar-refractivity contribution is 7.99. The van der Waals surface area contributed by atoms with E-state index < -0.39 is 5.54 Å². The Bertz CT molecular complexity index is 227. The van der Waals surface area contributed by atoms with Crippen molar-refractivity contribution < 1.29 is 9.90 Å². The minimum Gasteiger partial charge on any atom is -0.396 e. The quantitative estimate of drug-likeness (QED) is 0.516. The summed E-state index contributed by atoms with van der Waals surface area (Å²) < 4.78 is 0. The number of amides is 1. The lowest BCUT2D eigenvalue weighted by molar-refractivity contribution is -0.123. The predicted molar refractivity (Wildman–Crippen MR) is 74.1 cm³/mol. The lowest BCUT2D eigenvalue weighted by atomic mass is 9.94. The van der Waals surface area contributed by atoms with Crippen LogP contribution in [0.1, 0.15) is 39.5 Å². The minimum atomic E-state index is -0.582. The Morgan fingerprint density at radius 1 is 1.53 bits per heavy atom. The molecule has 102 valence electrons. The maximum Gasteiger partial charge on any atom is 0.237 e. The van der Waals surface area contributed by atoms with Gasteiger partial charge in [0.2, 0.25) is 5.91 Å². The highest BCUT2D eigenvalue weighted by Gasteiger charge is 2.27. The van der Waals surface area contributed by atoms with E-state index in [1.54, 1.807) is 7.05 Å². The zero-order valence-electron chi connectivity index (χ0n) is 11.2. The number of thioether (sulfide) groups is 1. The van der Waals surface area contributed by atoms with E-state index in [-0.39, 0.29) is 12.5 Å². The largest absolute Gasteiger partial charge is 0.396 e. The summed E-state index contributed by atoms with van der Waals surface area (Å²) in [7, 11) is 1.77. The Balaban J connectivity index is 3.66. The normalized spacial score (nSPS) is 16.5. The highest BCUT2D eigenvalue weighted by atomic mass is 32.2. The highest BCUT2D eigenvalue weighted by Crippen LogP contribution is 2.18. The first kappa shape index (κ1) is 16.7. The van der Waals surface area contributed by atoms with Gasteiger partial charge in [-0.05, 0) is 39.0 Å². The third kappa shape index (κ3) is 6.91. The van der Waals surface area contributed by atoms with Gasteiger partial charge in [-0.1, -0.05) is 13.3 Å². The van der Waals surface area contributed by atoms with E-state index in [2.05, 4.69) is 12.2 Å². The van der Waals surface area contributed by atoms with E-state index in [9.17, 15) is 4.79 Å². The average molecular weight is 262 g/mol. The number of carbonyl (C=O) groups is 1. The molecule has 0 aliphatic heterocycles. The first-order valence-corrected chi connectivity index (χ1v) is 7.22. The molecule has 0 heterocycles. The number of nitrogens with two attached hydrogens (primary N) is 1. The van der Waals surface area contributed by atoms with Crippen molar-refractivity contribution in [2.24, 2.45) is 5.73 Å². The molecule has 0 spiro atoms. The Morgan fingerprint density at radius 3 is 2.65 bits per heavy atom. The van der Waals surface area contributed by atoms with Crippen molar-refractivity contribution in [1.82, 2.24) is 5.32 Å². The molecule has 0 fully saturated rings. The third-order valence-electron chi connectivity index (χ3n) is 3.10. The molecule has 0 aromatic heterocycles. The molecule has 17 heavy (non-hydrogen) atoms. The number of aliphatic hydroxyl groups excluding tert-OH is 1. The van der Waals surface area contributed by atoms with Crippen molar-refractivity contribution in [2.75, 3.05) is 19.4 Å². The monoisotopic (exact) mass is 262 g/mol. The zero-order chi connectivity index (χ0) is 13.3. The van der Waals surface area contributed by atoms with Crippen LogP contribution in [0.2, 0.25) is 0 Å². The molecule has 0 aliphatic carbocycles. The van der Waals surface area contributed by atoms with Crippen LogP contribution >= 0.6 is 11.8 Å². The fourth-order valence-electron chi connectivity index (χ4n) is 1.50. The summed E-state index contributed by atoms with van der Waals surface area (Å²) in [6, 6.07) is 0. The molecule has 0 bridgehead atoms. The smallest absolute Gasteiger partial charge is 0.237 e. The van der Waals surface area contributed by atoms with Gasteiger partial charge in [0.25, 0.3) is 0 Å². The second kappa shape index (κ2) is 8.78. The number of nitrogens with one attached hydrogen (secondary N) is 1. The summed E-state index contributed by atoms with van der Waals surface area (Å²) in [6.45, 7) is 4.23. The fraction of sp³-hybridized carbons (Fsp3) is 0.917. The summed E-state index contributed by atoms with van der Waals surface area (Å²) >= 11 is 1.87. The van der Waals surface area contributed by atoms with Gasteiger partial charge < -0.3 is 16.2 Å². The molecular weight excluding hydrogens is 236 g/mol. The van der Waals surface area contributed by atoms with Crippen molar-refractivity contribution >= 4 is 17.7 Å². The SMILES string of the molecule is CNC(C)(CCCCSC(C)CCO)C(N)=O. The van der Waals surface area contributed by atoms with Crippen LogP contribution in [-0.2, 0) is 4.79 Å². The van der Waals surface area contributed by atoms with E-state index in [4.69, 9.17) is 10.8 Å². The second-order valence-corrected chi connectivity index (χ2v) is 6.14. The van der Waals surface area contributed by atoms with Gasteiger partial charge in [-0.2, -0.15) is 11.8 Å². The standard InChI is InChI=1S/C12H26N2O2S/c1-10(6-8-15)17-9-5-4-7-12(2,14-3)11(13)16/h10,14-15H,4-9H2,1-3H3,(H2,13,16). The number of hydrogen-bond acceptors (Lipinski definition) is 4. The van der Waals surface area contributed by atoms with Crippen LogP contribution in [0.4, 0.5) is 0 Å². The Kier molecular flexibility index (Phi) is 8.64. The number of hydrogen-bond donors (Lipinski definition) is 3. The molecule has 0 rings (SSSR count). The van der Waals surface area contributed by atoms with Crippen LogP contribution in [0.25, 0.3) is 0 Å². The van der Waals surface area contributed by atoms with Gasteiger partial charge in [0.15, 0.2) is 0 Å². The molecular formula is C12H26N2O2S. The van der Waals surface area contributed by atoms with Crippen molar-refractivity contribution in [1.29, 1.82) is 0 Å². The molecule has 1 amide bonds. The van der Waals surface area contributed by atoms with Crippen molar-refractivity contribution in [2.45, 2.75) is 50.3 Å². The molecule has 0 saturated heterocycles. The maximum atomic E-state index is 11.2. The van der Waals surface area contributed by atoms with Gasteiger partial charge in [-0.15, -0.1) is 0 Å². The van der Waals surface area contributed by atoms with Crippen molar-refractivity contribution in [3.63, 3.8) is 0 Å². The zero-order valence-corrected chi connectivity index (χ0v) is 12.0. The number of aliphatic hydroxyl groups is 1. The van der Waals surface area contributed by atoms with Crippen LogP contribution < -0.4 is 11.1 Å². The van der Waals surface area contributed by atoms with E-state index in [0.717, 1.165) is 31.4 Å². The molecule has 0 saturated carbocycles. The molecule has 0 aliphatic rings. The van der Waals surface area contributed by atoms with Gasteiger partial charge in [0, 0.05) is 11.9 Å². The maximum absolute atomic E-state index is 11.2. The number of primary amides is 1. The molecule has 2 atom stereocenters. The number of likely N-dealkylation sites (N-methyl/N-ethyl adjacent to an activating group) is 1. The Hall–Kier alpha value is -0.260. The molecule has 0 radical (unpaired) electrons. The van der Waals surface area contributed by atoms with Gasteiger partial charge >= 0.3 is 0 Å². The Morgan fingerprint density at radius 2 is 2.18 bits per heavy atom. The number of carbonyl (C=O) groups excluding carboxylic acids is 1. The third-order valence-corrected chi connectivity index (χ3v) is 4.43. The van der Waals surface area contributed by atoms with Crippen LogP contribution in [-0.4, -0.2) is 41.2 Å². The molecule has 0 aromatic carbocycles. The summed E-state index contributed by atoms with van der Waals surface area (Å²) in [6.07, 6.45) is 3.68.